The highest BCUT2D eigenvalue weighted by Gasteiger charge is 2.08. The Kier molecular flexibility index (Phi) is 2.56. The molecule has 0 bridgehead atoms. The van der Waals surface area contributed by atoms with Crippen molar-refractivity contribution < 1.29 is 8.78 Å². The normalized spacial score (nSPS) is 18.1. The Labute approximate surface area is 41.8 Å². The van der Waals surface area contributed by atoms with Crippen molar-refractivity contribution in [1.82, 2.24) is 0 Å². The van der Waals surface area contributed by atoms with E-state index < -0.39 is 12.3 Å². The van der Waals surface area contributed by atoms with Crippen LogP contribution in [0.4, 0.5) is 8.78 Å². The Balaban J connectivity index is 3.33. The second kappa shape index (κ2) is 2.72. The fourth-order valence-corrected chi connectivity index (χ4v) is 0.188. The number of rotatable bonds is 2. The number of alkyl halides is 2. The molecule has 0 nitrogen and oxygen atoms in total. The number of allylic oxidation sites excluding steroid dienone is 1. The average molecular weight is 106 g/mol. The Bertz CT molecular complexity index is 59.1. The molecule has 0 aliphatic heterocycles. The summed E-state index contributed by atoms with van der Waals surface area (Å²) in [5.74, 6) is 0. The summed E-state index contributed by atoms with van der Waals surface area (Å²) >= 11 is 0. The zero-order chi connectivity index (χ0) is 5.86. The third-order valence-corrected chi connectivity index (χ3v) is 0.664. The van der Waals surface area contributed by atoms with Gasteiger partial charge in [-0.05, 0) is 6.92 Å². The van der Waals surface area contributed by atoms with Crippen LogP contribution in [0.25, 0.3) is 0 Å². The van der Waals surface area contributed by atoms with Crippen molar-refractivity contribution in [3.8, 4) is 0 Å². The molecule has 42 valence electrons. The van der Waals surface area contributed by atoms with Gasteiger partial charge in [-0.2, -0.15) is 0 Å². The molecule has 0 rings (SSSR count). The molecule has 0 aromatic heterocycles. The predicted octanol–water partition coefficient (Wildman–Crippen LogP) is 1.87. The maximum absolute atomic E-state index is 11.8. The third kappa shape index (κ3) is 2.31. The van der Waals surface area contributed by atoms with Crippen molar-refractivity contribution in [2.75, 3.05) is 0 Å². The van der Waals surface area contributed by atoms with Gasteiger partial charge < -0.3 is 0 Å². The van der Waals surface area contributed by atoms with Gasteiger partial charge in [-0.3, -0.25) is 0 Å². The fraction of sp³-hybridized carbons (Fsp3) is 0.600. The van der Waals surface area contributed by atoms with E-state index in [1.165, 1.54) is 0 Å². The van der Waals surface area contributed by atoms with Crippen LogP contribution in [0.2, 0.25) is 0 Å². The van der Waals surface area contributed by atoms with E-state index in [0.717, 1.165) is 13.0 Å². The Morgan fingerprint density at radius 2 is 2.00 bits per heavy atom. The second-order valence-electron chi connectivity index (χ2n) is 1.36. The van der Waals surface area contributed by atoms with Crippen LogP contribution < -0.4 is 0 Å². The summed E-state index contributed by atoms with van der Waals surface area (Å²) in [6, 6.07) is 0. The van der Waals surface area contributed by atoms with Gasteiger partial charge in [-0.15, -0.1) is 6.58 Å². The van der Waals surface area contributed by atoms with E-state index in [2.05, 4.69) is 6.58 Å². The van der Waals surface area contributed by atoms with E-state index in [9.17, 15) is 8.78 Å². The minimum atomic E-state index is -1.50. The van der Waals surface area contributed by atoms with Crippen molar-refractivity contribution >= 4 is 0 Å². The van der Waals surface area contributed by atoms with E-state index in [1.807, 2.05) is 0 Å². The van der Waals surface area contributed by atoms with Gasteiger partial charge in [0, 0.05) is 0 Å². The first kappa shape index (κ1) is 6.60. The number of halogens is 2. The molecule has 0 aromatic carbocycles. The lowest BCUT2D eigenvalue weighted by atomic mass is 10.3. The topological polar surface area (TPSA) is 0 Å². The van der Waals surface area contributed by atoms with Gasteiger partial charge in [0.15, 0.2) is 0 Å². The number of hydrogen-bond acceptors (Lipinski definition) is 0. The molecule has 0 heterocycles. The molecular weight excluding hydrogens is 98.1 g/mol. The first-order chi connectivity index (χ1) is 3.18. The fourth-order valence-electron chi connectivity index (χ4n) is 0.188. The Hall–Kier alpha value is -0.400. The lowest BCUT2D eigenvalue weighted by Crippen LogP contribution is -2.08. The van der Waals surface area contributed by atoms with Crippen LogP contribution in [0.15, 0.2) is 12.7 Å². The molecule has 0 radical (unpaired) electrons. The van der Waals surface area contributed by atoms with Gasteiger partial charge in [-0.1, -0.05) is 6.08 Å². The summed E-state index contributed by atoms with van der Waals surface area (Å²) in [4.78, 5) is 0. The zero-order valence-electron chi connectivity index (χ0n) is 4.20. The molecule has 0 saturated carbocycles. The van der Waals surface area contributed by atoms with Crippen LogP contribution in [0.1, 0.15) is 6.92 Å². The molecular formula is C5H8F2. The van der Waals surface area contributed by atoms with Crippen LogP contribution in [-0.4, -0.2) is 12.3 Å². The first-order valence-corrected chi connectivity index (χ1v) is 2.09. The third-order valence-electron chi connectivity index (χ3n) is 0.664. The highest BCUT2D eigenvalue weighted by Crippen LogP contribution is 2.01. The molecule has 0 N–H and O–H groups in total. The van der Waals surface area contributed by atoms with Crippen LogP contribution in [0.3, 0.4) is 0 Å². The van der Waals surface area contributed by atoms with Gasteiger partial charge >= 0.3 is 0 Å². The molecule has 2 atom stereocenters. The minimum Gasteiger partial charge on any atom is -0.244 e. The van der Waals surface area contributed by atoms with Crippen LogP contribution >= 0.6 is 0 Å². The van der Waals surface area contributed by atoms with Gasteiger partial charge in [0.25, 0.3) is 0 Å². The molecule has 0 fully saturated rings. The molecule has 0 saturated heterocycles. The summed E-state index contributed by atoms with van der Waals surface area (Å²) in [6.07, 6.45) is -1.97. The SMILES string of the molecule is C=CC(F)C(C)F. The summed E-state index contributed by atoms with van der Waals surface area (Å²) in [7, 11) is 0. The van der Waals surface area contributed by atoms with E-state index in [4.69, 9.17) is 0 Å². The van der Waals surface area contributed by atoms with E-state index in [0.29, 0.717) is 0 Å². The maximum Gasteiger partial charge on any atom is 0.149 e. The van der Waals surface area contributed by atoms with Gasteiger partial charge in [0.05, 0.1) is 0 Å². The summed E-state index contributed by atoms with van der Waals surface area (Å²) in [5, 5.41) is 0. The standard InChI is InChI=1S/C5H8F2/c1-3-5(7)4(2)6/h3-5H,1H2,2H3. The van der Waals surface area contributed by atoms with Crippen molar-refractivity contribution in [3.05, 3.63) is 12.7 Å². The predicted molar refractivity (Wildman–Crippen MR) is 25.7 cm³/mol. The Morgan fingerprint density at radius 3 is 2.00 bits per heavy atom. The van der Waals surface area contributed by atoms with Crippen LogP contribution in [0.5, 0.6) is 0 Å². The van der Waals surface area contributed by atoms with Gasteiger partial charge in [-0.25, -0.2) is 8.78 Å². The van der Waals surface area contributed by atoms with E-state index in [-0.39, 0.29) is 0 Å². The van der Waals surface area contributed by atoms with Crippen molar-refractivity contribution in [2.45, 2.75) is 19.3 Å². The van der Waals surface area contributed by atoms with Crippen molar-refractivity contribution in [2.24, 2.45) is 0 Å². The van der Waals surface area contributed by atoms with Crippen LogP contribution in [0, 0.1) is 0 Å². The van der Waals surface area contributed by atoms with Crippen LogP contribution in [-0.2, 0) is 0 Å². The van der Waals surface area contributed by atoms with Gasteiger partial charge in [0.1, 0.15) is 12.3 Å². The molecule has 0 amide bonds. The Morgan fingerprint density at radius 1 is 1.57 bits per heavy atom. The summed E-state index contributed by atoms with van der Waals surface area (Å²) in [5.41, 5.74) is 0. The largest absolute Gasteiger partial charge is 0.244 e. The van der Waals surface area contributed by atoms with E-state index >= 15 is 0 Å². The monoisotopic (exact) mass is 106 g/mol. The highest BCUT2D eigenvalue weighted by molar-refractivity contribution is 4.82. The molecule has 0 aliphatic carbocycles. The first-order valence-electron chi connectivity index (χ1n) is 2.09. The molecule has 7 heavy (non-hydrogen) atoms. The number of hydrogen-bond donors (Lipinski definition) is 0. The molecule has 0 aliphatic rings. The van der Waals surface area contributed by atoms with Crippen molar-refractivity contribution in [3.63, 3.8) is 0 Å². The molecule has 2 heteroatoms. The summed E-state index contributed by atoms with van der Waals surface area (Å²) in [6.45, 7) is 4.23. The summed E-state index contributed by atoms with van der Waals surface area (Å²) < 4.78 is 23.4. The second-order valence-corrected chi connectivity index (χ2v) is 1.36. The zero-order valence-corrected chi connectivity index (χ0v) is 4.20. The molecule has 0 spiro atoms. The lowest BCUT2D eigenvalue weighted by molar-refractivity contribution is 0.223. The quantitative estimate of drug-likeness (QED) is 0.471. The van der Waals surface area contributed by atoms with Gasteiger partial charge in [0.2, 0.25) is 0 Å². The lowest BCUT2D eigenvalue weighted by Gasteiger charge is -1.99. The smallest absolute Gasteiger partial charge is 0.149 e. The van der Waals surface area contributed by atoms with E-state index in [1.54, 1.807) is 0 Å². The maximum atomic E-state index is 11.8. The highest BCUT2D eigenvalue weighted by atomic mass is 19.2. The van der Waals surface area contributed by atoms with Crippen molar-refractivity contribution in [1.29, 1.82) is 0 Å². The molecule has 0 aromatic rings. The minimum absolute atomic E-state index is 0.949. The molecule has 2 unspecified atom stereocenters. The average Bonchev–Trinajstić information content (AvgIpc) is 1.65.